The number of nitrogens with zero attached hydrogens (tertiary/aromatic N) is 1. The van der Waals surface area contributed by atoms with Crippen LogP contribution in [0.25, 0.3) is 0 Å². The summed E-state index contributed by atoms with van der Waals surface area (Å²) in [5.74, 6) is -0.121. The van der Waals surface area contributed by atoms with Gasteiger partial charge in [0.1, 0.15) is 6.10 Å². The fourth-order valence-electron chi connectivity index (χ4n) is 1.47. The van der Waals surface area contributed by atoms with Crippen LogP contribution in [-0.4, -0.2) is 39.9 Å². The van der Waals surface area contributed by atoms with Crippen LogP contribution in [0.5, 0.6) is 0 Å². The van der Waals surface area contributed by atoms with E-state index in [1.807, 2.05) is 6.92 Å². The molecule has 1 aliphatic rings. The van der Waals surface area contributed by atoms with Crippen molar-refractivity contribution >= 4 is 5.91 Å². The Morgan fingerprint density at radius 3 is 2.58 bits per heavy atom. The third-order valence-corrected chi connectivity index (χ3v) is 2.44. The summed E-state index contributed by atoms with van der Waals surface area (Å²) in [6.07, 6.45) is -1.08. The van der Waals surface area contributed by atoms with Crippen LogP contribution in [0.3, 0.4) is 0 Å². The van der Waals surface area contributed by atoms with Crippen molar-refractivity contribution in [1.29, 1.82) is 0 Å². The van der Waals surface area contributed by atoms with E-state index in [1.54, 1.807) is 0 Å². The Kier molecular flexibility index (Phi) is 2.69. The number of carbonyl (C=O) groups excluding carboxylic acids is 1. The molecule has 0 unspecified atom stereocenters. The van der Waals surface area contributed by atoms with Gasteiger partial charge in [-0.05, 0) is 12.3 Å². The molecular weight excluding hydrogens is 158 g/mol. The van der Waals surface area contributed by atoms with Gasteiger partial charge in [-0.1, -0.05) is 6.92 Å². The maximum atomic E-state index is 10.9. The molecule has 70 valence electrons. The molecule has 1 rings (SSSR count). The third-order valence-electron chi connectivity index (χ3n) is 2.44. The normalized spacial score (nSPS) is 36.7. The fourth-order valence-corrected chi connectivity index (χ4v) is 1.47. The third kappa shape index (κ3) is 1.59. The Morgan fingerprint density at radius 1 is 1.50 bits per heavy atom. The van der Waals surface area contributed by atoms with Gasteiger partial charge < -0.3 is 15.1 Å². The van der Waals surface area contributed by atoms with Crippen LogP contribution in [0.4, 0.5) is 0 Å². The number of piperidine rings is 1. The molecule has 0 aromatic heterocycles. The summed E-state index contributed by atoms with van der Waals surface area (Å²) < 4.78 is 0. The lowest BCUT2D eigenvalue weighted by molar-refractivity contribution is -0.161. The molecule has 0 aromatic carbocycles. The van der Waals surface area contributed by atoms with Gasteiger partial charge in [-0.15, -0.1) is 0 Å². The first-order valence-electron chi connectivity index (χ1n) is 4.17. The van der Waals surface area contributed by atoms with E-state index in [9.17, 15) is 15.0 Å². The predicted octanol–water partition coefficient (Wildman–Crippen LogP) is -0.446. The maximum absolute atomic E-state index is 10.9. The second-order valence-electron chi connectivity index (χ2n) is 3.38. The zero-order valence-corrected chi connectivity index (χ0v) is 7.40. The smallest absolute Gasteiger partial charge is 0.221 e. The second-order valence-corrected chi connectivity index (χ2v) is 3.38. The minimum absolute atomic E-state index is 0.0654. The van der Waals surface area contributed by atoms with E-state index in [2.05, 4.69) is 0 Å². The SMILES string of the molecule is CC(=O)N1CC[C@@H](C)[C@@H](O)[C@H]1O. The molecular formula is C8H15NO3. The molecule has 0 bridgehead atoms. The Labute approximate surface area is 71.8 Å². The van der Waals surface area contributed by atoms with Gasteiger partial charge in [-0.2, -0.15) is 0 Å². The lowest BCUT2D eigenvalue weighted by Crippen LogP contribution is -2.53. The largest absolute Gasteiger partial charge is 0.388 e. The number of likely N-dealkylation sites (tertiary alicyclic amines) is 1. The van der Waals surface area contributed by atoms with Crippen LogP contribution in [0.15, 0.2) is 0 Å². The van der Waals surface area contributed by atoms with Gasteiger partial charge >= 0.3 is 0 Å². The van der Waals surface area contributed by atoms with Gasteiger partial charge in [-0.3, -0.25) is 4.79 Å². The minimum atomic E-state index is -1.02. The fraction of sp³-hybridized carbons (Fsp3) is 0.875. The van der Waals surface area contributed by atoms with Gasteiger partial charge in [0.05, 0.1) is 0 Å². The van der Waals surface area contributed by atoms with E-state index in [4.69, 9.17) is 0 Å². The molecule has 0 saturated carbocycles. The molecule has 4 heteroatoms. The van der Waals surface area contributed by atoms with E-state index >= 15 is 0 Å². The minimum Gasteiger partial charge on any atom is -0.388 e. The van der Waals surface area contributed by atoms with Crippen molar-refractivity contribution in [1.82, 2.24) is 4.90 Å². The van der Waals surface area contributed by atoms with Gasteiger partial charge in [0.25, 0.3) is 0 Å². The van der Waals surface area contributed by atoms with E-state index in [0.717, 1.165) is 6.42 Å². The number of carbonyl (C=O) groups is 1. The average molecular weight is 173 g/mol. The first kappa shape index (κ1) is 9.48. The van der Waals surface area contributed by atoms with Crippen LogP contribution < -0.4 is 0 Å². The summed E-state index contributed by atoms with van der Waals surface area (Å²) in [5, 5.41) is 18.9. The van der Waals surface area contributed by atoms with E-state index in [0.29, 0.717) is 6.54 Å². The van der Waals surface area contributed by atoms with Crippen molar-refractivity contribution in [2.24, 2.45) is 5.92 Å². The highest BCUT2D eigenvalue weighted by molar-refractivity contribution is 5.73. The number of aliphatic hydroxyl groups excluding tert-OH is 2. The number of hydrogen-bond donors (Lipinski definition) is 2. The van der Waals surface area contributed by atoms with Crippen molar-refractivity contribution in [3.8, 4) is 0 Å². The molecule has 4 nitrogen and oxygen atoms in total. The van der Waals surface area contributed by atoms with Crippen LogP contribution >= 0.6 is 0 Å². The molecule has 12 heavy (non-hydrogen) atoms. The molecule has 1 aliphatic heterocycles. The number of aliphatic hydroxyl groups is 2. The number of amides is 1. The molecule has 0 aromatic rings. The lowest BCUT2D eigenvalue weighted by atomic mass is 9.94. The molecule has 1 fully saturated rings. The summed E-state index contributed by atoms with van der Waals surface area (Å²) in [4.78, 5) is 12.2. The van der Waals surface area contributed by atoms with E-state index < -0.39 is 12.3 Å². The predicted molar refractivity (Wildman–Crippen MR) is 43.2 cm³/mol. The highest BCUT2D eigenvalue weighted by Crippen LogP contribution is 2.21. The Morgan fingerprint density at radius 2 is 2.08 bits per heavy atom. The van der Waals surface area contributed by atoms with E-state index in [1.165, 1.54) is 11.8 Å². The van der Waals surface area contributed by atoms with Crippen LogP contribution in [0.2, 0.25) is 0 Å². The molecule has 1 heterocycles. The highest BCUT2D eigenvalue weighted by atomic mass is 16.3. The summed E-state index contributed by atoms with van der Waals surface area (Å²) in [6, 6.07) is 0. The topological polar surface area (TPSA) is 60.8 Å². The molecule has 2 N–H and O–H groups in total. The molecule has 0 radical (unpaired) electrons. The van der Waals surface area contributed by atoms with Gasteiger partial charge in [-0.25, -0.2) is 0 Å². The molecule has 3 atom stereocenters. The van der Waals surface area contributed by atoms with Crippen molar-refractivity contribution in [2.75, 3.05) is 6.54 Å². The summed E-state index contributed by atoms with van der Waals surface area (Å²) in [6.45, 7) is 3.80. The zero-order valence-electron chi connectivity index (χ0n) is 7.40. The standard InChI is InChI=1S/C8H15NO3/c1-5-3-4-9(6(2)10)8(12)7(5)11/h5,7-8,11-12H,3-4H2,1-2H3/t5-,7-,8-/m1/s1. The monoisotopic (exact) mass is 173 g/mol. The Bertz CT molecular complexity index is 183. The molecule has 0 spiro atoms. The van der Waals surface area contributed by atoms with Crippen molar-refractivity contribution in [3.05, 3.63) is 0 Å². The zero-order chi connectivity index (χ0) is 9.30. The first-order chi connectivity index (χ1) is 5.54. The van der Waals surface area contributed by atoms with Gasteiger partial charge in [0.15, 0.2) is 6.23 Å². The highest BCUT2D eigenvalue weighted by Gasteiger charge is 2.34. The van der Waals surface area contributed by atoms with Crippen LogP contribution in [0, 0.1) is 5.92 Å². The van der Waals surface area contributed by atoms with Crippen molar-refractivity contribution in [2.45, 2.75) is 32.6 Å². The first-order valence-corrected chi connectivity index (χ1v) is 4.17. The molecule has 1 saturated heterocycles. The average Bonchev–Trinajstić information content (AvgIpc) is 2.00. The lowest BCUT2D eigenvalue weighted by Gasteiger charge is -2.38. The van der Waals surface area contributed by atoms with E-state index in [-0.39, 0.29) is 11.8 Å². The van der Waals surface area contributed by atoms with Crippen LogP contribution in [0.1, 0.15) is 20.3 Å². The Balaban J connectivity index is 2.65. The summed E-state index contributed by atoms with van der Waals surface area (Å²) >= 11 is 0. The summed E-state index contributed by atoms with van der Waals surface area (Å²) in [7, 11) is 0. The molecule has 0 aliphatic carbocycles. The quantitative estimate of drug-likeness (QED) is 0.522. The second kappa shape index (κ2) is 3.41. The Hall–Kier alpha value is -0.610. The van der Waals surface area contributed by atoms with Crippen molar-refractivity contribution < 1.29 is 15.0 Å². The summed E-state index contributed by atoms with van der Waals surface area (Å²) in [5.41, 5.74) is 0. The number of hydrogen-bond acceptors (Lipinski definition) is 3. The maximum Gasteiger partial charge on any atom is 0.221 e. The van der Waals surface area contributed by atoms with Gasteiger partial charge in [0.2, 0.25) is 5.91 Å². The number of rotatable bonds is 0. The van der Waals surface area contributed by atoms with Crippen molar-refractivity contribution in [3.63, 3.8) is 0 Å². The molecule has 1 amide bonds. The van der Waals surface area contributed by atoms with Gasteiger partial charge in [0, 0.05) is 13.5 Å². The van der Waals surface area contributed by atoms with Crippen LogP contribution in [-0.2, 0) is 4.79 Å².